The van der Waals surface area contributed by atoms with Crippen molar-refractivity contribution in [2.75, 3.05) is 16.8 Å². The summed E-state index contributed by atoms with van der Waals surface area (Å²) in [5.41, 5.74) is 0.196. The number of anilines is 3. The lowest BCUT2D eigenvalue weighted by molar-refractivity contribution is 0.446. The van der Waals surface area contributed by atoms with Crippen LogP contribution < -0.4 is 10.2 Å². The molecular weight excluding hydrogens is 298 g/mol. The first kappa shape index (κ1) is 15.6. The fourth-order valence-corrected chi connectivity index (χ4v) is 3.03. The minimum atomic E-state index is -0.644. The second-order valence-corrected chi connectivity index (χ2v) is 5.76. The van der Waals surface area contributed by atoms with E-state index in [2.05, 4.69) is 27.1 Å². The molecule has 6 heteroatoms. The third-order valence-electron chi connectivity index (χ3n) is 4.24. The number of rotatable bonds is 4. The summed E-state index contributed by atoms with van der Waals surface area (Å²) >= 11 is 0. The first-order valence-electron chi connectivity index (χ1n) is 7.98. The highest BCUT2D eigenvalue weighted by Gasteiger charge is 2.22. The van der Waals surface area contributed by atoms with Gasteiger partial charge in [-0.25, -0.2) is 18.7 Å². The third-order valence-corrected chi connectivity index (χ3v) is 4.24. The highest BCUT2D eigenvalue weighted by atomic mass is 19.1. The van der Waals surface area contributed by atoms with Crippen LogP contribution in [0.3, 0.4) is 0 Å². The van der Waals surface area contributed by atoms with E-state index in [-0.39, 0.29) is 5.69 Å². The molecule has 1 fully saturated rings. The van der Waals surface area contributed by atoms with Crippen LogP contribution in [0.5, 0.6) is 0 Å². The Bertz CT molecular complexity index is 677. The van der Waals surface area contributed by atoms with Crippen molar-refractivity contribution >= 4 is 17.3 Å². The topological polar surface area (TPSA) is 41.0 Å². The van der Waals surface area contributed by atoms with Gasteiger partial charge in [0.2, 0.25) is 0 Å². The van der Waals surface area contributed by atoms with Crippen LogP contribution in [0.15, 0.2) is 30.6 Å². The lowest BCUT2D eigenvalue weighted by Crippen LogP contribution is -2.39. The quantitative estimate of drug-likeness (QED) is 0.914. The van der Waals surface area contributed by atoms with Gasteiger partial charge in [-0.1, -0.05) is 6.92 Å². The van der Waals surface area contributed by atoms with Crippen molar-refractivity contribution in [2.45, 2.75) is 38.6 Å². The van der Waals surface area contributed by atoms with Gasteiger partial charge in [-0.05, 0) is 37.8 Å². The number of benzene rings is 1. The fraction of sp³-hybridized carbons (Fsp3) is 0.412. The van der Waals surface area contributed by atoms with Crippen LogP contribution in [-0.4, -0.2) is 22.6 Å². The summed E-state index contributed by atoms with van der Waals surface area (Å²) in [5.74, 6) is 0.0996. The van der Waals surface area contributed by atoms with E-state index in [0.29, 0.717) is 11.9 Å². The Morgan fingerprint density at radius 2 is 2.09 bits per heavy atom. The van der Waals surface area contributed by atoms with E-state index in [1.165, 1.54) is 24.9 Å². The Kier molecular flexibility index (Phi) is 4.69. The molecule has 0 radical (unpaired) electrons. The fourth-order valence-electron chi connectivity index (χ4n) is 3.03. The summed E-state index contributed by atoms with van der Waals surface area (Å²) in [5, 5.41) is 2.89. The van der Waals surface area contributed by atoms with E-state index in [0.717, 1.165) is 37.7 Å². The minimum absolute atomic E-state index is 0.196. The zero-order chi connectivity index (χ0) is 16.2. The summed E-state index contributed by atoms with van der Waals surface area (Å²) in [6, 6.07) is 5.72. The number of nitrogens with zero attached hydrogens (tertiary/aromatic N) is 3. The van der Waals surface area contributed by atoms with Crippen LogP contribution in [0.2, 0.25) is 0 Å². The molecule has 0 spiro atoms. The van der Waals surface area contributed by atoms with Crippen molar-refractivity contribution in [3.8, 4) is 0 Å². The minimum Gasteiger partial charge on any atom is -0.353 e. The van der Waals surface area contributed by atoms with Gasteiger partial charge < -0.3 is 10.2 Å². The molecule has 2 heterocycles. The maximum atomic E-state index is 13.8. The maximum Gasteiger partial charge on any atom is 0.149 e. The van der Waals surface area contributed by atoms with Crippen molar-refractivity contribution in [2.24, 2.45) is 0 Å². The van der Waals surface area contributed by atoms with Gasteiger partial charge in [0, 0.05) is 24.7 Å². The summed E-state index contributed by atoms with van der Waals surface area (Å²) in [6.07, 6.45) is 6.09. The van der Waals surface area contributed by atoms with Gasteiger partial charge in [0.25, 0.3) is 0 Å². The molecule has 0 aliphatic carbocycles. The van der Waals surface area contributed by atoms with E-state index in [1.807, 2.05) is 6.07 Å². The Morgan fingerprint density at radius 3 is 2.87 bits per heavy atom. The molecule has 0 bridgehead atoms. The third kappa shape index (κ3) is 3.57. The van der Waals surface area contributed by atoms with Crippen molar-refractivity contribution < 1.29 is 8.78 Å². The molecule has 1 aliphatic rings. The molecule has 1 aromatic carbocycles. The molecule has 1 aliphatic heterocycles. The van der Waals surface area contributed by atoms with E-state index in [1.54, 1.807) is 0 Å². The number of nitrogens with one attached hydrogen (secondary N) is 1. The van der Waals surface area contributed by atoms with Gasteiger partial charge in [-0.2, -0.15) is 0 Å². The van der Waals surface area contributed by atoms with E-state index in [4.69, 9.17) is 0 Å². The average molecular weight is 318 g/mol. The SMILES string of the molecule is CCC1CCCCN1c1cc(Nc2ccc(F)cc2F)ncn1. The zero-order valence-corrected chi connectivity index (χ0v) is 13.1. The molecule has 1 saturated heterocycles. The first-order valence-corrected chi connectivity index (χ1v) is 7.98. The van der Waals surface area contributed by atoms with Crippen molar-refractivity contribution in [3.05, 3.63) is 42.2 Å². The molecule has 2 aromatic rings. The largest absolute Gasteiger partial charge is 0.353 e. The number of hydrogen-bond donors (Lipinski definition) is 1. The Labute approximate surface area is 134 Å². The van der Waals surface area contributed by atoms with Crippen molar-refractivity contribution in [3.63, 3.8) is 0 Å². The van der Waals surface area contributed by atoms with Gasteiger partial charge in [-0.3, -0.25) is 0 Å². The summed E-state index contributed by atoms with van der Waals surface area (Å²) < 4.78 is 26.7. The molecule has 0 saturated carbocycles. The molecule has 1 unspecified atom stereocenters. The van der Waals surface area contributed by atoms with Gasteiger partial charge in [0.1, 0.15) is 29.6 Å². The van der Waals surface area contributed by atoms with E-state index >= 15 is 0 Å². The summed E-state index contributed by atoms with van der Waals surface area (Å²) in [6.45, 7) is 3.15. The van der Waals surface area contributed by atoms with E-state index in [9.17, 15) is 8.78 Å². The van der Waals surface area contributed by atoms with Crippen molar-refractivity contribution in [1.29, 1.82) is 0 Å². The van der Waals surface area contributed by atoms with Gasteiger partial charge in [0.15, 0.2) is 0 Å². The van der Waals surface area contributed by atoms with E-state index < -0.39 is 11.6 Å². The maximum absolute atomic E-state index is 13.8. The highest BCUT2D eigenvalue weighted by molar-refractivity contribution is 5.60. The van der Waals surface area contributed by atoms with Crippen LogP contribution in [-0.2, 0) is 0 Å². The molecule has 1 aromatic heterocycles. The molecule has 4 nitrogen and oxygen atoms in total. The molecule has 23 heavy (non-hydrogen) atoms. The van der Waals surface area contributed by atoms with Crippen LogP contribution in [0.1, 0.15) is 32.6 Å². The highest BCUT2D eigenvalue weighted by Crippen LogP contribution is 2.27. The Balaban J connectivity index is 1.82. The second-order valence-electron chi connectivity index (χ2n) is 5.76. The normalized spacial score (nSPS) is 18.0. The number of hydrogen-bond acceptors (Lipinski definition) is 4. The average Bonchev–Trinajstić information content (AvgIpc) is 2.58. The van der Waals surface area contributed by atoms with Gasteiger partial charge >= 0.3 is 0 Å². The molecule has 0 amide bonds. The standard InChI is InChI=1S/C17H20F2N4/c1-2-13-5-3-4-8-23(13)17-10-16(20-11-21-17)22-15-7-6-12(18)9-14(15)19/h6-7,9-11,13H,2-5,8H2,1H3,(H,20,21,22). The second kappa shape index (κ2) is 6.89. The number of piperidine rings is 1. The Morgan fingerprint density at radius 1 is 1.22 bits per heavy atom. The monoisotopic (exact) mass is 318 g/mol. The lowest BCUT2D eigenvalue weighted by atomic mass is 10.0. The zero-order valence-electron chi connectivity index (χ0n) is 13.1. The van der Waals surface area contributed by atoms with Crippen LogP contribution in [0.25, 0.3) is 0 Å². The lowest BCUT2D eigenvalue weighted by Gasteiger charge is -2.36. The number of aromatic nitrogens is 2. The van der Waals surface area contributed by atoms with Crippen LogP contribution in [0.4, 0.5) is 26.1 Å². The molecule has 1 atom stereocenters. The predicted molar refractivity (Wildman–Crippen MR) is 86.9 cm³/mol. The van der Waals surface area contributed by atoms with Gasteiger partial charge in [-0.15, -0.1) is 0 Å². The summed E-state index contributed by atoms with van der Waals surface area (Å²) in [7, 11) is 0. The number of halogens is 2. The van der Waals surface area contributed by atoms with Crippen molar-refractivity contribution in [1.82, 2.24) is 9.97 Å². The molecular formula is C17H20F2N4. The molecule has 1 N–H and O–H groups in total. The van der Waals surface area contributed by atoms with Crippen LogP contribution >= 0.6 is 0 Å². The molecule has 3 rings (SSSR count). The van der Waals surface area contributed by atoms with Gasteiger partial charge in [0.05, 0.1) is 5.69 Å². The Hall–Kier alpha value is -2.24. The molecule has 122 valence electrons. The first-order chi connectivity index (χ1) is 11.2. The summed E-state index contributed by atoms with van der Waals surface area (Å²) in [4.78, 5) is 10.8. The smallest absolute Gasteiger partial charge is 0.149 e. The van der Waals surface area contributed by atoms with Crippen LogP contribution in [0, 0.1) is 11.6 Å². The predicted octanol–water partition coefficient (Wildman–Crippen LogP) is 4.27.